The van der Waals surface area contributed by atoms with Crippen molar-refractivity contribution < 1.29 is 0 Å². The van der Waals surface area contributed by atoms with E-state index in [0.717, 1.165) is 15.7 Å². The van der Waals surface area contributed by atoms with E-state index < -0.39 is 0 Å². The molecule has 1 heterocycles. The fourth-order valence-electron chi connectivity index (χ4n) is 2.83. The molecule has 0 N–H and O–H groups in total. The number of rotatable bonds is 3. The molecule has 0 aliphatic carbocycles. The topological polar surface area (TPSA) is 34.9 Å². The summed E-state index contributed by atoms with van der Waals surface area (Å²) in [7, 11) is 0. The zero-order chi connectivity index (χ0) is 17.9. The molecule has 4 rings (SSSR count). The number of nitrogens with zero attached hydrogens (tertiary/aromatic N) is 2. The fraction of sp³-hybridized carbons (Fsp3) is 0. The Bertz CT molecular complexity index is 1150. The summed E-state index contributed by atoms with van der Waals surface area (Å²) in [6.07, 6.45) is 3.84. The second kappa shape index (κ2) is 7.10. The highest BCUT2D eigenvalue weighted by Crippen LogP contribution is 2.16. The predicted molar refractivity (Wildman–Crippen MR) is 110 cm³/mol. The summed E-state index contributed by atoms with van der Waals surface area (Å²) in [4.78, 5) is 17.8. The summed E-state index contributed by atoms with van der Waals surface area (Å²) in [6.45, 7) is 0. The van der Waals surface area contributed by atoms with Gasteiger partial charge in [-0.2, -0.15) is 0 Å². The van der Waals surface area contributed by atoms with Gasteiger partial charge in [-0.05, 0) is 48.0 Å². The first-order chi connectivity index (χ1) is 12.7. The van der Waals surface area contributed by atoms with Crippen LogP contribution in [-0.4, -0.2) is 9.55 Å². The maximum atomic E-state index is 13.1. The Balaban J connectivity index is 1.92. The molecule has 0 aliphatic heterocycles. The lowest BCUT2D eigenvalue weighted by Crippen LogP contribution is -2.22. The van der Waals surface area contributed by atoms with E-state index in [1.807, 2.05) is 91.0 Å². The summed E-state index contributed by atoms with van der Waals surface area (Å²) in [6, 6.07) is 25.0. The zero-order valence-electron chi connectivity index (χ0n) is 13.8. The molecular weight excluding hydrogens is 388 g/mol. The Kier molecular flexibility index (Phi) is 4.50. The van der Waals surface area contributed by atoms with Crippen molar-refractivity contribution >= 4 is 39.0 Å². The van der Waals surface area contributed by atoms with Crippen molar-refractivity contribution in [3.63, 3.8) is 0 Å². The Morgan fingerprint density at radius 2 is 1.50 bits per heavy atom. The van der Waals surface area contributed by atoms with Crippen LogP contribution in [0.5, 0.6) is 0 Å². The molecule has 0 saturated carbocycles. The monoisotopic (exact) mass is 402 g/mol. The number of fused-ring (bicyclic) bond motifs is 1. The number of aromatic nitrogens is 2. The maximum Gasteiger partial charge on any atom is 0.266 e. The molecule has 0 unspecified atom stereocenters. The van der Waals surface area contributed by atoms with Crippen LogP contribution in [0.15, 0.2) is 88.1 Å². The molecule has 4 heteroatoms. The van der Waals surface area contributed by atoms with Gasteiger partial charge in [-0.3, -0.25) is 9.36 Å². The summed E-state index contributed by atoms with van der Waals surface area (Å²) in [5.74, 6) is 0.600. The molecule has 26 heavy (non-hydrogen) atoms. The Morgan fingerprint density at radius 1 is 0.808 bits per heavy atom. The van der Waals surface area contributed by atoms with Crippen LogP contribution in [0.2, 0.25) is 0 Å². The second-order valence-corrected chi connectivity index (χ2v) is 6.76. The van der Waals surface area contributed by atoms with E-state index in [4.69, 9.17) is 4.98 Å². The Hall–Kier alpha value is -2.98. The molecule has 0 atom stereocenters. The first-order valence-corrected chi connectivity index (χ1v) is 9.02. The Morgan fingerprint density at radius 3 is 2.27 bits per heavy atom. The molecule has 0 saturated heterocycles. The van der Waals surface area contributed by atoms with Crippen LogP contribution in [-0.2, 0) is 0 Å². The first-order valence-electron chi connectivity index (χ1n) is 8.23. The number of benzene rings is 3. The molecule has 4 aromatic rings. The molecule has 0 amide bonds. The van der Waals surface area contributed by atoms with Gasteiger partial charge in [0.2, 0.25) is 0 Å². The minimum atomic E-state index is -0.0720. The lowest BCUT2D eigenvalue weighted by atomic mass is 10.2. The van der Waals surface area contributed by atoms with Gasteiger partial charge in [0.1, 0.15) is 5.82 Å². The quantitative estimate of drug-likeness (QED) is 0.464. The van der Waals surface area contributed by atoms with Gasteiger partial charge < -0.3 is 0 Å². The Labute approximate surface area is 159 Å². The van der Waals surface area contributed by atoms with E-state index >= 15 is 0 Å². The van der Waals surface area contributed by atoms with Crippen molar-refractivity contribution in [1.82, 2.24) is 9.55 Å². The van der Waals surface area contributed by atoms with Gasteiger partial charge in [0.25, 0.3) is 5.56 Å². The smallest absolute Gasteiger partial charge is 0.266 e. The highest BCUT2D eigenvalue weighted by Gasteiger charge is 2.10. The average Bonchev–Trinajstić information content (AvgIpc) is 2.68. The number of hydrogen-bond acceptors (Lipinski definition) is 2. The highest BCUT2D eigenvalue weighted by molar-refractivity contribution is 9.10. The maximum absolute atomic E-state index is 13.1. The minimum Gasteiger partial charge on any atom is -0.268 e. The van der Waals surface area contributed by atoms with Crippen LogP contribution < -0.4 is 5.56 Å². The van der Waals surface area contributed by atoms with Gasteiger partial charge in [-0.1, -0.05) is 64.5 Å². The molecule has 0 bridgehead atoms. The lowest BCUT2D eigenvalue weighted by molar-refractivity contribution is 0.944. The van der Waals surface area contributed by atoms with Crippen LogP contribution in [0.25, 0.3) is 28.7 Å². The van der Waals surface area contributed by atoms with Gasteiger partial charge in [-0.25, -0.2) is 4.98 Å². The van der Waals surface area contributed by atoms with Crippen LogP contribution >= 0.6 is 15.9 Å². The summed E-state index contributed by atoms with van der Waals surface area (Å²) in [5, 5.41) is 0.608. The van der Waals surface area contributed by atoms with Crippen molar-refractivity contribution in [1.29, 1.82) is 0 Å². The third kappa shape index (κ3) is 3.24. The largest absolute Gasteiger partial charge is 0.268 e. The van der Waals surface area contributed by atoms with Crippen LogP contribution in [0.4, 0.5) is 0 Å². The van der Waals surface area contributed by atoms with Gasteiger partial charge >= 0.3 is 0 Å². The van der Waals surface area contributed by atoms with E-state index in [2.05, 4.69) is 15.9 Å². The molecule has 126 valence electrons. The molecule has 3 nitrogen and oxygen atoms in total. The highest BCUT2D eigenvalue weighted by atomic mass is 79.9. The van der Waals surface area contributed by atoms with Crippen molar-refractivity contribution in [2.24, 2.45) is 0 Å². The minimum absolute atomic E-state index is 0.0720. The van der Waals surface area contributed by atoms with E-state index in [1.54, 1.807) is 4.57 Å². The van der Waals surface area contributed by atoms with E-state index in [-0.39, 0.29) is 5.56 Å². The van der Waals surface area contributed by atoms with Gasteiger partial charge in [0.05, 0.1) is 16.6 Å². The van der Waals surface area contributed by atoms with Crippen molar-refractivity contribution in [3.05, 3.63) is 105 Å². The SMILES string of the molecule is O=c1c2ccccc2nc(C=Cc2ccc(Br)cc2)n1-c1ccccc1. The number of para-hydroxylation sites is 2. The molecular formula is C22H15BrN2O. The first kappa shape index (κ1) is 16.5. The summed E-state index contributed by atoms with van der Waals surface area (Å²) < 4.78 is 2.68. The molecule has 0 spiro atoms. The van der Waals surface area contributed by atoms with Crippen LogP contribution in [0.3, 0.4) is 0 Å². The normalized spacial score (nSPS) is 11.3. The van der Waals surface area contributed by atoms with E-state index in [0.29, 0.717) is 16.7 Å². The average molecular weight is 403 g/mol. The van der Waals surface area contributed by atoms with Gasteiger partial charge in [0, 0.05) is 4.47 Å². The van der Waals surface area contributed by atoms with Crippen molar-refractivity contribution in [3.8, 4) is 5.69 Å². The molecule has 0 fully saturated rings. The number of halogens is 1. The van der Waals surface area contributed by atoms with Crippen LogP contribution in [0.1, 0.15) is 11.4 Å². The standard InChI is InChI=1S/C22H15BrN2O/c23-17-13-10-16(11-14-17)12-15-21-24-20-9-5-4-8-19(20)22(26)25(21)18-6-2-1-3-7-18/h1-15H. The van der Waals surface area contributed by atoms with E-state index in [1.165, 1.54) is 0 Å². The van der Waals surface area contributed by atoms with Crippen LogP contribution in [0, 0.1) is 0 Å². The summed E-state index contributed by atoms with van der Waals surface area (Å²) >= 11 is 3.44. The second-order valence-electron chi connectivity index (χ2n) is 5.85. The summed E-state index contributed by atoms with van der Waals surface area (Å²) in [5.41, 5.74) is 2.46. The molecule has 1 aromatic heterocycles. The van der Waals surface area contributed by atoms with Gasteiger partial charge in [-0.15, -0.1) is 0 Å². The molecule has 0 aliphatic rings. The third-order valence-corrected chi connectivity index (χ3v) is 4.64. The van der Waals surface area contributed by atoms with E-state index in [9.17, 15) is 4.79 Å². The van der Waals surface area contributed by atoms with Gasteiger partial charge in [0.15, 0.2) is 0 Å². The van der Waals surface area contributed by atoms with Crippen molar-refractivity contribution in [2.45, 2.75) is 0 Å². The number of hydrogen-bond donors (Lipinski definition) is 0. The lowest BCUT2D eigenvalue weighted by Gasteiger charge is -2.11. The predicted octanol–water partition coefficient (Wildman–Crippen LogP) is 5.32. The third-order valence-electron chi connectivity index (χ3n) is 4.11. The molecule has 3 aromatic carbocycles. The molecule has 0 radical (unpaired) electrons. The fourth-order valence-corrected chi connectivity index (χ4v) is 3.10. The van der Waals surface area contributed by atoms with Crippen molar-refractivity contribution in [2.75, 3.05) is 0 Å². The zero-order valence-corrected chi connectivity index (χ0v) is 15.4.